The van der Waals surface area contributed by atoms with E-state index in [9.17, 15) is 4.79 Å². The van der Waals surface area contributed by atoms with Gasteiger partial charge in [0.05, 0.1) is 5.56 Å². The van der Waals surface area contributed by atoms with Crippen molar-refractivity contribution < 1.29 is 4.79 Å². The summed E-state index contributed by atoms with van der Waals surface area (Å²) in [5.74, 6) is 0.0700. The van der Waals surface area contributed by atoms with Crippen LogP contribution in [0.15, 0.2) is 53.3 Å². The quantitative estimate of drug-likeness (QED) is 0.857. The molecule has 1 aliphatic rings. The number of hydrogen-bond acceptors (Lipinski definition) is 2. The Morgan fingerprint density at radius 1 is 1.30 bits per heavy atom. The summed E-state index contributed by atoms with van der Waals surface area (Å²) in [5.41, 5.74) is 1.80. The molecule has 3 rings (SSSR count). The van der Waals surface area contributed by atoms with Gasteiger partial charge in [-0.3, -0.25) is 9.78 Å². The van der Waals surface area contributed by atoms with Crippen LogP contribution in [0, 0.1) is 0 Å². The number of amides is 1. The second-order valence-electron chi connectivity index (χ2n) is 5.04. The van der Waals surface area contributed by atoms with E-state index in [4.69, 9.17) is 0 Å². The van der Waals surface area contributed by atoms with Crippen LogP contribution in [0.25, 0.3) is 0 Å². The average molecular weight is 331 g/mol. The van der Waals surface area contributed by atoms with Crippen LogP contribution >= 0.6 is 15.9 Å². The monoisotopic (exact) mass is 330 g/mol. The Bertz CT molecular complexity index is 611. The van der Waals surface area contributed by atoms with E-state index in [0.717, 1.165) is 22.9 Å². The first-order chi connectivity index (χ1) is 9.74. The van der Waals surface area contributed by atoms with E-state index in [-0.39, 0.29) is 5.91 Å². The first-order valence-electron chi connectivity index (χ1n) is 6.69. The fourth-order valence-electron chi connectivity index (χ4n) is 2.24. The SMILES string of the molecule is O=C(c1cccnc1)N(Cc1cccc(Br)c1)C1CC1. The first kappa shape index (κ1) is 13.3. The van der Waals surface area contributed by atoms with Crippen LogP contribution in [-0.2, 0) is 6.54 Å². The molecule has 0 N–H and O–H groups in total. The third-order valence-electron chi connectivity index (χ3n) is 3.40. The fourth-order valence-corrected chi connectivity index (χ4v) is 2.69. The number of aromatic nitrogens is 1. The molecule has 1 aliphatic carbocycles. The standard InChI is InChI=1S/C16H15BrN2O/c17-14-5-1-3-12(9-14)11-19(15-6-7-15)16(20)13-4-2-8-18-10-13/h1-5,8-10,15H,6-7,11H2. The molecule has 1 amide bonds. The molecular weight excluding hydrogens is 316 g/mol. The number of halogens is 1. The molecule has 102 valence electrons. The number of carbonyl (C=O) groups excluding carboxylic acids is 1. The Balaban J connectivity index is 1.81. The molecule has 1 aromatic heterocycles. The molecule has 1 aromatic carbocycles. The third kappa shape index (κ3) is 3.07. The molecular formula is C16H15BrN2O. The van der Waals surface area contributed by atoms with Crippen molar-refractivity contribution in [2.45, 2.75) is 25.4 Å². The van der Waals surface area contributed by atoms with Gasteiger partial charge in [-0.25, -0.2) is 0 Å². The van der Waals surface area contributed by atoms with E-state index in [1.807, 2.05) is 23.1 Å². The van der Waals surface area contributed by atoms with E-state index in [0.29, 0.717) is 18.2 Å². The Hall–Kier alpha value is -1.68. The van der Waals surface area contributed by atoms with Crippen molar-refractivity contribution in [2.75, 3.05) is 0 Å². The number of benzene rings is 1. The summed E-state index contributed by atoms with van der Waals surface area (Å²) in [5, 5.41) is 0. The third-order valence-corrected chi connectivity index (χ3v) is 3.89. The predicted octanol–water partition coefficient (Wildman–Crippen LogP) is 3.65. The zero-order chi connectivity index (χ0) is 13.9. The molecule has 2 aromatic rings. The van der Waals surface area contributed by atoms with Crippen molar-refractivity contribution in [1.29, 1.82) is 0 Å². The molecule has 1 fully saturated rings. The Morgan fingerprint density at radius 2 is 2.15 bits per heavy atom. The van der Waals surface area contributed by atoms with Gasteiger partial charge >= 0.3 is 0 Å². The summed E-state index contributed by atoms with van der Waals surface area (Å²) >= 11 is 3.47. The molecule has 1 heterocycles. The van der Waals surface area contributed by atoms with Gasteiger partial charge in [-0.1, -0.05) is 28.1 Å². The zero-order valence-electron chi connectivity index (χ0n) is 11.0. The number of nitrogens with zero attached hydrogens (tertiary/aromatic N) is 2. The molecule has 0 saturated heterocycles. The summed E-state index contributed by atoms with van der Waals surface area (Å²) < 4.78 is 1.04. The van der Waals surface area contributed by atoms with Crippen LogP contribution in [0.4, 0.5) is 0 Å². The summed E-state index contributed by atoms with van der Waals surface area (Å²) in [4.78, 5) is 18.6. The summed E-state index contributed by atoms with van der Waals surface area (Å²) in [6, 6.07) is 12.1. The maximum Gasteiger partial charge on any atom is 0.255 e. The first-order valence-corrected chi connectivity index (χ1v) is 7.49. The second kappa shape index (κ2) is 5.75. The smallest absolute Gasteiger partial charge is 0.255 e. The van der Waals surface area contributed by atoms with E-state index in [1.54, 1.807) is 18.5 Å². The highest BCUT2D eigenvalue weighted by Gasteiger charge is 2.33. The normalized spacial score (nSPS) is 14.1. The van der Waals surface area contributed by atoms with Gasteiger partial charge in [-0.05, 0) is 42.7 Å². The summed E-state index contributed by atoms with van der Waals surface area (Å²) in [6.45, 7) is 0.651. The molecule has 0 unspecified atom stereocenters. The lowest BCUT2D eigenvalue weighted by Gasteiger charge is -2.22. The Labute approximate surface area is 126 Å². The van der Waals surface area contributed by atoms with Crippen molar-refractivity contribution in [1.82, 2.24) is 9.88 Å². The lowest BCUT2D eigenvalue weighted by molar-refractivity contribution is 0.0729. The van der Waals surface area contributed by atoms with Crippen molar-refractivity contribution in [3.63, 3.8) is 0 Å². The maximum atomic E-state index is 12.6. The molecule has 0 spiro atoms. The van der Waals surface area contributed by atoms with E-state index in [1.165, 1.54) is 0 Å². The van der Waals surface area contributed by atoms with Crippen molar-refractivity contribution in [3.05, 3.63) is 64.4 Å². The minimum Gasteiger partial charge on any atom is -0.331 e. The van der Waals surface area contributed by atoms with Crippen LogP contribution < -0.4 is 0 Å². The fraction of sp³-hybridized carbons (Fsp3) is 0.250. The van der Waals surface area contributed by atoms with E-state index < -0.39 is 0 Å². The summed E-state index contributed by atoms with van der Waals surface area (Å²) in [7, 11) is 0. The minimum atomic E-state index is 0.0700. The lowest BCUT2D eigenvalue weighted by Crippen LogP contribution is -2.32. The lowest BCUT2D eigenvalue weighted by atomic mass is 10.2. The summed E-state index contributed by atoms with van der Waals surface area (Å²) in [6.07, 6.45) is 5.52. The highest BCUT2D eigenvalue weighted by Crippen LogP contribution is 2.30. The van der Waals surface area contributed by atoms with Gasteiger partial charge in [-0.15, -0.1) is 0 Å². The molecule has 0 aliphatic heterocycles. The Morgan fingerprint density at radius 3 is 2.80 bits per heavy atom. The highest BCUT2D eigenvalue weighted by atomic mass is 79.9. The van der Waals surface area contributed by atoms with Crippen LogP contribution in [0.3, 0.4) is 0 Å². The Kier molecular flexibility index (Phi) is 3.83. The van der Waals surface area contributed by atoms with Crippen LogP contribution in [0.5, 0.6) is 0 Å². The molecule has 1 saturated carbocycles. The molecule has 4 heteroatoms. The predicted molar refractivity (Wildman–Crippen MR) is 81.3 cm³/mol. The van der Waals surface area contributed by atoms with E-state index in [2.05, 4.69) is 33.0 Å². The van der Waals surface area contributed by atoms with Crippen molar-refractivity contribution in [2.24, 2.45) is 0 Å². The van der Waals surface area contributed by atoms with Crippen LogP contribution in [0.1, 0.15) is 28.8 Å². The second-order valence-corrected chi connectivity index (χ2v) is 5.95. The number of hydrogen-bond donors (Lipinski definition) is 0. The van der Waals surface area contributed by atoms with Gasteiger partial charge in [0, 0.05) is 29.5 Å². The van der Waals surface area contributed by atoms with E-state index >= 15 is 0 Å². The van der Waals surface area contributed by atoms with Crippen LogP contribution in [-0.4, -0.2) is 21.8 Å². The molecule has 0 bridgehead atoms. The van der Waals surface area contributed by atoms with Gasteiger partial charge in [0.2, 0.25) is 0 Å². The van der Waals surface area contributed by atoms with Gasteiger partial charge in [0.1, 0.15) is 0 Å². The molecule has 0 atom stereocenters. The number of pyridine rings is 1. The molecule has 3 nitrogen and oxygen atoms in total. The molecule has 0 radical (unpaired) electrons. The van der Waals surface area contributed by atoms with Crippen LogP contribution in [0.2, 0.25) is 0 Å². The van der Waals surface area contributed by atoms with Crippen molar-refractivity contribution >= 4 is 21.8 Å². The van der Waals surface area contributed by atoms with Gasteiger partial charge in [-0.2, -0.15) is 0 Å². The zero-order valence-corrected chi connectivity index (χ0v) is 12.6. The average Bonchev–Trinajstić information content (AvgIpc) is 3.30. The minimum absolute atomic E-state index is 0.0700. The van der Waals surface area contributed by atoms with Crippen molar-refractivity contribution in [3.8, 4) is 0 Å². The maximum absolute atomic E-state index is 12.6. The number of carbonyl (C=O) groups is 1. The molecule has 20 heavy (non-hydrogen) atoms. The topological polar surface area (TPSA) is 33.2 Å². The number of rotatable bonds is 4. The van der Waals surface area contributed by atoms with Gasteiger partial charge in [0.15, 0.2) is 0 Å². The van der Waals surface area contributed by atoms with Gasteiger partial charge in [0.25, 0.3) is 5.91 Å². The van der Waals surface area contributed by atoms with Gasteiger partial charge < -0.3 is 4.90 Å². The largest absolute Gasteiger partial charge is 0.331 e. The highest BCUT2D eigenvalue weighted by molar-refractivity contribution is 9.10.